The third-order valence-corrected chi connectivity index (χ3v) is 4.78. The van der Waals surface area contributed by atoms with E-state index in [2.05, 4.69) is 54.7 Å². The van der Waals surface area contributed by atoms with Crippen LogP contribution in [0.4, 0.5) is 5.69 Å². The van der Waals surface area contributed by atoms with Crippen molar-refractivity contribution in [1.82, 2.24) is 0 Å². The summed E-state index contributed by atoms with van der Waals surface area (Å²) >= 11 is 0. The van der Waals surface area contributed by atoms with Gasteiger partial charge >= 0.3 is 0 Å². The quantitative estimate of drug-likeness (QED) is 0.593. The molecule has 21 heavy (non-hydrogen) atoms. The fraction of sp³-hybridized carbons (Fsp3) is 0.263. The molecule has 3 unspecified atom stereocenters. The summed E-state index contributed by atoms with van der Waals surface area (Å²) in [4.78, 5) is 0. The largest absolute Gasteiger partial charge is 0.506 e. The van der Waals surface area contributed by atoms with Crippen LogP contribution >= 0.6 is 0 Å². The Labute approximate surface area is 125 Å². The first kappa shape index (κ1) is 12.5. The van der Waals surface area contributed by atoms with Gasteiger partial charge in [-0.05, 0) is 36.5 Å². The average Bonchev–Trinajstić information content (AvgIpc) is 2.96. The van der Waals surface area contributed by atoms with Gasteiger partial charge in [0.25, 0.3) is 0 Å². The van der Waals surface area contributed by atoms with Crippen molar-refractivity contribution in [3.05, 3.63) is 71.3 Å². The molecule has 0 bridgehead atoms. The smallest absolute Gasteiger partial charge is 0.138 e. The summed E-state index contributed by atoms with van der Waals surface area (Å²) in [6, 6.07) is 14.8. The summed E-state index contributed by atoms with van der Waals surface area (Å²) in [6.45, 7) is 2.13. The molecule has 0 radical (unpaired) electrons. The zero-order valence-corrected chi connectivity index (χ0v) is 12.1. The Hall–Kier alpha value is -2.22. The molecule has 2 aliphatic rings. The van der Waals surface area contributed by atoms with Crippen LogP contribution in [0.5, 0.6) is 5.75 Å². The topological polar surface area (TPSA) is 32.3 Å². The molecule has 0 saturated carbocycles. The molecule has 1 aliphatic carbocycles. The molecule has 1 heterocycles. The van der Waals surface area contributed by atoms with E-state index >= 15 is 0 Å². The van der Waals surface area contributed by atoms with E-state index in [4.69, 9.17) is 0 Å². The van der Waals surface area contributed by atoms with Crippen LogP contribution in [0.1, 0.15) is 35.1 Å². The van der Waals surface area contributed by atoms with E-state index in [-0.39, 0.29) is 6.04 Å². The summed E-state index contributed by atoms with van der Waals surface area (Å²) in [5, 5.41) is 13.8. The molecule has 2 nitrogen and oxygen atoms in total. The zero-order valence-electron chi connectivity index (χ0n) is 12.1. The second kappa shape index (κ2) is 4.66. The fourth-order valence-corrected chi connectivity index (χ4v) is 3.80. The highest BCUT2D eigenvalue weighted by molar-refractivity contribution is 5.67. The van der Waals surface area contributed by atoms with Crippen molar-refractivity contribution in [2.45, 2.75) is 25.3 Å². The molecule has 3 atom stereocenters. The molecule has 2 aromatic rings. The second-order valence-corrected chi connectivity index (χ2v) is 6.13. The number of allylic oxidation sites excluding steroid dienone is 2. The number of rotatable bonds is 1. The Bertz CT molecular complexity index is 719. The molecule has 2 aromatic carbocycles. The van der Waals surface area contributed by atoms with E-state index in [1.165, 1.54) is 16.7 Å². The van der Waals surface area contributed by atoms with E-state index < -0.39 is 0 Å². The first-order valence-electron chi connectivity index (χ1n) is 7.55. The normalized spacial score (nSPS) is 26.0. The highest BCUT2D eigenvalue weighted by Crippen LogP contribution is 2.51. The highest BCUT2D eigenvalue weighted by atomic mass is 16.3. The number of phenolic OH excluding ortho intramolecular Hbond substituents is 1. The summed E-state index contributed by atoms with van der Waals surface area (Å²) in [6.07, 6.45) is 5.66. The summed E-state index contributed by atoms with van der Waals surface area (Å²) < 4.78 is 0. The van der Waals surface area contributed by atoms with E-state index in [1.807, 2.05) is 6.07 Å². The van der Waals surface area contributed by atoms with Gasteiger partial charge in [-0.25, -0.2) is 0 Å². The molecule has 0 saturated heterocycles. The highest BCUT2D eigenvalue weighted by Gasteiger charge is 2.38. The van der Waals surface area contributed by atoms with Crippen molar-refractivity contribution in [2.75, 3.05) is 5.32 Å². The first-order valence-corrected chi connectivity index (χ1v) is 7.55. The van der Waals surface area contributed by atoms with Crippen molar-refractivity contribution >= 4 is 5.69 Å². The number of nitrogens with one attached hydrogen (secondary N) is 1. The van der Waals surface area contributed by atoms with Crippen molar-refractivity contribution in [2.24, 2.45) is 5.92 Å². The lowest BCUT2D eigenvalue weighted by molar-refractivity contribution is 0.415. The Kier molecular flexibility index (Phi) is 2.78. The minimum absolute atomic E-state index is 0.255. The molecule has 1 aliphatic heterocycles. The molecule has 2 N–H and O–H groups in total. The SMILES string of the molecule is Cc1cccc(C2Nc3c(O)cccc3C3C=CCC32)c1. The van der Waals surface area contributed by atoms with Crippen LogP contribution in [-0.2, 0) is 0 Å². The first-order chi connectivity index (χ1) is 10.2. The molecule has 106 valence electrons. The van der Waals surface area contributed by atoms with Gasteiger partial charge in [0.15, 0.2) is 0 Å². The predicted molar refractivity (Wildman–Crippen MR) is 85.6 cm³/mol. The Morgan fingerprint density at radius 1 is 1.14 bits per heavy atom. The van der Waals surface area contributed by atoms with Gasteiger partial charge in [-0.3, -0.25) is 0 Å². The lowest BCUT2D eigenvalue weighted by Gasteiger charge is -2.37. The van der Waals surface area contributed by atoms with Gasteiger partial charge < -0.3 is 10.4 Å². The monoisotopic (exact) mass is 277 g/mol. The van der Waals surface area contributed by atoms with Crippen LogP contribution in [0.15, 0.2) is 54.6 Å². The molecular formula is C19H19NO. The van der Waals surface area contributed by atoms with Gasteiger partial charge in [-0.1, -0.05) is 54.1 Å². The maximum Gasteiger partial charge on any atom is 0.138 e. The van der Waals surface area contributed by atoms with Crippen LogP contribution in [-0.4, -0.2) is 5.11 Å². The van der Waals surface area contributed by atoms with Crippen LogP contribution in [0.2, 0.25) is 0 Å². The van der Waals surface area contributed by atoms with E-state index in [1.54, 1.807) is 6.07 Å². The van der Waals surface area contributed by atoms with Gasteiger partial charge in [-0.15, -0.1) is 0 Å². The van der Waals surface area contributed by atoms with Crippen molar-refractivity contribution in [3.8, 4) is 5.75 Å². The number of hydrogen-bond donors (Lipinski definition) is 2. The number of hydrogen-bond acceptors (Lipinski definition) is 2. The standard InChI is InChI=1S/C19H19NO/c1-12-5-2-6-13(11-12)18-15-8-3-7-14(15)16-9-4-10-17(21)19(16)20-18/h2-7,9-11,14-15,18,20-21H,8H2,1H3. The number of fused-ring (bicyclic) bond motifs is 3. The lowest BCUT2D eigenvalue weighted by atomic mass is 9.77. The van der Waals surface area contributed by atoms with Crippen LogP contribution < -0.4 is 5.32 Å². The summed E-state index contributed by atoms with van der Waals surface area (Å²) in [5.41, 5.74) is 4.71. The molecular weight excluding hydrogens is 258 g/mol. The van der Waals surface area contributed by atoms with E-state index in [9.17, 15) is 5.11 Å². The van der Waals surface area contributed by atoms with E-state index in [0.29, 0.717) is 17.6 Å². The average molecular weight is 277 g/mol. The maximum atomic E-state index is 10.2. The van der Waals surface area contributed by atoms with Crippen molar-refractivity contribution in [1.29, 1.82) is 0 Å². The minimum atomic E-state index is 0.255. The Morgan fingerprint density at radius 2 is 2.00 bits per heavy atom. The number of benzene rings is 2. The van der Waals surface area contributed by atoms with Gasteiger partial charge in [-0.2, -0.15) is 0 Å². The lowest BCUT2D eigenvalue weighted by Crippen LogP contribution is -2.29. The second-order valence-electron chi connectivity index (χ2n) is 6.13. The number of aryl methyl sites for hydroxylation is 1. The van der Waals surface area contributed by atoms with Crippen LogP contribution in [0, 0.1) is 12.8 Å². The number of aromatic hydroxyl groups is 1. The minimum Gasteiger partial charge on any atom is -0.506 e. The molecule has 0 aromatic heterocycles. The Balaban J connectivity index is 1.83. The van der Waals surface area contributed by atoms with Gasteiger partial charge in [0.1, 0.15) is 5.75 Å². The van der Waals surface area contributed by atoms with Crippen molar-refractivity contribution in [3.63, 3.8) is 0 Å². The predicted octanol–water partition coefficient (Wildman–Crippen LogP) is 4.53. The third-order valence-electron chi connectivity index (χ3n) is 4.78. The van der Waals surface area contributed by atoms with Crippen molar-refractivity contribution < 1.29 is 5.11 Å². The third kappa shape index (κ3) is 1.94. The van der Waals surface area contributed by atoms with Gasteiger partial charge in [0.2, 0.25) is 0 Å². The number of para-hydroxylation sites is 1. The molecule has 0 amide bonds. The maximum absolute atomic E-state index is 10.2. The van der Waals surface area contributed by atoms with Gasteiger partial charge in [0.05, 0.1) is 11.7 Å². The van der Waals surface area contributed by atoms with Crippen LogP contribution in [0.3, 0.4) is 0 Å². The fourth-order valence-electron chi connectivity index (χ4n) is 3.80. The molecule has 0 fully saturated rings. The molecule has 4 rings (SSSR count). The van der Waals surface area contributed by atoms with Crippen LogP contribution in [0.25, 0.3) is 0 Å². The molecule has 2 heteroatoms. The summed E-state index contributed by atoms with van der Waals surface area (Å²) in [5.74, 6) is 1.28. The van der Waals surface area contributed by atoms with Gasteiger partial charge in [0, 0.05) is 5.92 Å². The van der Waals surface area contributed by atoms with E-state index in [0.717, 1.165) is 12.1 Å². The Morgan fingerprint density at radius 3 is 2.86 bits per heavy atom. The number of phenols is 1. The zero-order chi connectivity index (χ0) is 14.4. The number of anilines is 1. The summed E-state index contributed by atoms with van der Waals surface area (Å²) in [7, 11) is 0. The molecule has 0 spiro atoms.